The van der Waals surface area contributed by atoms with Gasteiger partial charge in [-0.1, -0.05) is 20.8 Å². The van der Waals surface area contributed by atoms with Gasteiger partial charge in [-0.15, -0.1) is 0 Å². The minimum Gasteiger partial charge on any atom is -0.458 e. The van der Waals surface area contributed by atoms with E-state index in [9.17, 15) is 9.59 Å². The van der Waals surface area contributed by atoms with E-state index in [1.807, 2.05) is 12.1 Å². The van der Waals surface area contributed by atoms with Gasteiger partial charge in [0.15, 0.2) is 0 Å². The van der Waals surface area contributed by atoms with Crippen LogP contribution in [0, 0.1) is 45.3 Å². The number of fused-ring (bicyclic) bond motifs is 4. The van der Waals surface area contributed by atoms with Crippen LogP contribution in [0.2, 0.25) is 0 Å². The topological polar surface area (TPSA) is 68.7 Å². The third-order valence-electron chi connectivity index (χ3n) is 15.1. The predicted molar refractivity (Wildman–Crippen MR) is 166 cm³/mol. The van der Waals surface area contributed by atoms with Crippen molar-refractivity contribution in [3.63, 3.8) is 0 Å². The maximum absolute atomic E-state index is 13.0. The zero-order valence-electron chi connectivity index (χ0n) is 26.9. The van der Waals surface area contributed by atoms with Crippen LogP contribution in [0.4, 0.5) is 0 Å². The maximum atomic E-state index is 13.0. The summed E-state index contributed by atoms with van der Waals surface area (Å²) >= 11 is 0. The lowest BCUT2D eigenvalue weighted by Crippen LogP contribution is -2.55. The molecule has 43 heavy (non-hydrogen) atoms. The molecule has 1 saturated heterocycles. The van der Waals surface area contributed by atoms with Crippen LogP contribution >= 0.6 is 0 Å². The first-order valence-corrected chi connectivity index (χ1v) is 17.6. The molecule has 2 heterocycles. The van der Waals surface area contributed by atoms with E-state index in [0.29, 0.717) is 45.8 Å². The molecule has 7 fully saturated rings. The van der Waals surface area contributed by atoms with Crippen LogP contribution in [0.1, 0.15) is 123 Å². The highest BCUT2D eigenvalue weighted by Gasteiger charge is 2.80. The molecule has 6 nitrogen and oxygen atoms in total. The average molecular weight is 591 g/mol. The molecular weight excluding hydrogens is 536 g/mol. The highest BCUT2D eigenvalue weighted by molar-refractivity contribution is 5.89. The van der Waals surface area contributed by atoms with Crippen molar-refractivity contribution in [1.29, 1.82) is 0 Å². The summed E-state index contributed by atoms with van der Waals surface area (Å²) in [4.78, 5) is 31.8. The Morgan fingerprint density at radius 3 is 2.53 bits per heavy atom. The summed E-state index contributed by atoms with van der Waals surface area (Å²) < 4.78 is 13.2. The third-order valence-corrected chi connectivity index (χ3v) is 15.1. The van der Waals surface area contributed by atoms with Crippen LogP contribution in [-0.4, -0.2) is 52.7 Å². The molecule has 1 amide bonds. The minimum atomic E-state index is -0.222. The number of carbonyl (C=O) groups is 2. The summed E-state index contributed by atoms with van der Waals surface area (Å²) in [6, 6.07) is 4.07. The standard InChI is InChI=1S/C37H52N2O4.H2/c1-23(40)39(25-8-5-9-25)21-26-10-11-28-30(42-26)19-29-27-12-13-31-34(2,3)32(43-33(41)24-7-6-18-38-20-24)14-15-37(31)22-36(27,37)17-16-35(28,29)4;/h6-7,18,20,25-32H,5,8-17,19,21-22H2,1-4H3;1H/t26?,27?,28?,29?,30?,31?,32-,35?,36-,37?;/m0./s1. The molecule has 10 atom stereocenters. The van der Waals surface area contributed by atoms with E-state index in [2.05, 4.69) is 30.7 Å². The van der Waals surface area contributed by atoms with Crippen LogP contribution in [0.3, 0.4) is 0 Å². The van der Waals surface area contributed by atoms with Gasteiger partial charge in [0, 0.05) is 38.7 Å². The van der Waals surface area contributed by atoms with Crippen LogP contribution in [-0.2, 0) is 14.3 Å². The molecule has 6 saturated carbocycles. The van der Waals surface area contributed by atoms with Crippen molar-refractivity contribution in [2.24, 2.45) is 45.3 Å². The first-order valence-electron chi connectivity index (χ1n) is 17.6. The Morgan fingerprint density at radius 2 is 1.81 bits per heavy atom. The van der Waals surface area contributed by atoms with E-state index in [0.717, 1.165) is 44.1 Å². The number of rotatable bonds is 5. The van der Waals surface area contributed by atoms with Crippen molar-refractivity contribution in [2.45, 2.75) is 136 Å². The SMILES string of the molecule is CC(=O)N(CC1CCC2C(CC3C4CCC5C(C)(C)[C@@H](OC(=O)c6cccnc6)CCC56C[C@@]46CCC23C)O1)C1CCC1.[HH]. The smallest absolute Gasteiger partial charge is 0.339 e. The van der Waals surface area contributed by atoms with Gasteiger partial charge in [-0.05, 0) is 136 Å². The van der Waals surface area contributed by atoms with Crippen LogP contribution in [0.25, 0.3) is 0 Å². The van der Waals surface area contributed by atoms with E-state index in [-0.39, 0.29) is 30.9 Å². The molecule has 0 radical (unpaired) electrons. The van der Waals surface area contributed by atoms with Crippen molar-refractivity contribution in [1.82, 2.24) is 9.88 Å². The number of hydrogen-bond donors (Lipinski definition) is 0. The molecule has 8 unspecified atom stereocenters. The Kier molecular flexibility index (Phi) is 6.48. The number of aromatic nitrogens is 1. The number of ether oxygens (including phenoxy) is 2. The van der Waals surface area contributed by atoms with E-state index in [4.69, 9.17) is 9.47 Å². The second-order valence-corrected chi connectivity index (χ2v) is 16.8. The van der Waals surface area contributed by atoms with Crippen molar-refractivity contribution >= 4 is 11.9 Å². The molecule has 7 aliphatic rings. The molecule has 1 aromatic rings. The second kappa shape index (κ2) is 9.77. The quantitative estimate of drug-likeness (QED) is 0.333. The summed E-state index contributed by atoms with van der Waals surface area (Å²) in [5.74, 6) is 2.87. The summed E-state index contributed by atoms with van der Waals surface area (Å²) in [6.45, 7) is 9.96. The second-order valence-electron chi connectivity index (χ2n) is 16.8. The first-order chi connectivity index (χ1) is 20.6. The molecule has 0 aromatic carbocycles. The first kappa shape index (κ1) is 28.5. The number of hydrogen-bond acceptors (Lipinski definition) is 5. The highest BCUT2D eigenvalue weighted by atomic mass is 16.5. The summed E-state index contributed by atoms with van der Waals surface area (Å²) in [5, 5.41) is 0. The van der Waals surface area contributed by atoms with Crippen molar-refractivity contribution in [3.05, 3.63) is 30.1 Å². The Hall–Kier alpha value is -1.95. The third kappa shape index (κ3) is 4.02. The molecule has 1 aromatic heterocycles. The minimum absolute atomic E-state index is 0. The number of amides is 1. The molecular formula is C37H54N2O4. The fourth-order valence-corrected chi connectivity index (χ4v) is 12.8. The van der Waals surface area contributed by atoms with Crippen molar-refractivity contribution in [3.8, 4) is 0 Å². The molecule has 2 spiro atoms. The maximum Gasteiger partial charge on any atom is 0.339 e. The number of esters is 1. The number of nitrogens with zero attached hydrogens (tertiary/aromatic N) is 2. The predicted octanol–water partition coefficient (Wildman–Crippen LogP) is 7.46. The lowest BCUT2D eigenvalue weighted by Gasteiger charge is -2.59. The monoisotopic (exact) mass is 590 g/mol. The fourth-order valence-electron chi connectivity index (χ4n) is 12.8. The van der Waals surface area contributed by atoms with Gasteiger partial charge in [-0.3, -0.25) is 9.78 Å². The number of carbonyl (C=O) groups excluding carboxylic acids is 2. The van der Waals surface area contributed by atoms with E-state index in [1.165, 1.54) is 57.8 Å². The molecule has 0 N–H and O–H groups in total. The van der Waals surface area contributed by atoms with Gasteiger partial charge >= 0.3 is 5.97 Å². The summed E-state index contributed by atoms with van der Waals surface area (Å²) in [6.07, 6.45) is 19.9. The Labute approximate surface area is 259 Å². The molecule has 1 aliphatic heterocycles. The lowest BCUT2D eigenvalue weighted by atomic mass is 9.46. The van der Waals surface area contributed by atoms with E-state index in [1.54, 1.807) is 19.3 Å². The normalized spacial score (nSPS) is 45.7. The summed E-state index contributed by atoms with van der Waals surface area (Å²) in [7, 11) is 0. The lowest BCUT2D eigenvalue weighted by molar-refractivity contribution is -0.144. The van der Waals surface area contributed by atoms with Gasteiger partial charge in [-0.25, -0.2) is 4.79 Å². The van der Waals surface area contributed by atoms with E-state index >= 15 is 0 Å². The van der Waals surface area contributed by atoms with Gasteiger partial charge in [0.05, 0.1) is 17.8 Å². The van der Waals surface area contributed by atoms with Gasteiger partial charge in [-0.2, -0.15) is 0 Å². The Morgan fingerprint density at radius 1 is 1.00 bits per heavy atom. The summed E-state index contributed by atoms with van der Waals surface area (Å²) in [5.41, 5.74) is 1.84. The fraction of sp³-hybridized carbons (Fsp3) is 0.811. The van der Waals surface area contributed by atoms with Gasteiger partial charge in [0.25, 0.3) is 0 Å². The Bertz CT molecular complexity index is 1290. The molecule has 6 aliphatic carbocycles. The zero-order chi connectivity index (χ0) is 29.8. The van der Waals surface area contributed by atoms with Gasteiger partial charge < -0.3 is 14.4 Å². The molecule has 6 heteroatoms. The van der Waals surface area contributed by atoms with Crippen molar-refractivity contribution in [2.75, 3.05) is 6.54 Å². The highest BCUT2D eigenvalue weighted by Crippen LogP contribution is 2.87. The average Bonchev–Trinajstić information content (AvgIpc) is 3.53. The van der Waals surface area contributed by atoms with Gasteiger partial charge in [0.2, 0.25) is 5.91 Å². The largest absolute Gasteiger partial charge is 0.458 e. The van der Waals surface area contributed by atoms with Crippen molar-refractivity contribution < 1.29 is 20.5 Å². The zero-order valence-corrected chi connectivity index (χ0v) is 26.9. The van der Waals surface area contributed by atoms with Gasteiger partial charge in [0.1, 0.15) is 6.10 Å². The van der Waals surface area contributed by atoms with Crippen LogP contribution < -0.4 is 0 Å². The molecule has 8 rings (SSSR count). The number of pyridine rings is 1. The molecule has 0 bridgehead atoms. The van der Waals surface area contributed by atoms with Crippen LogP contribution in [0.5, 0.6) is 0 Å². The van der Waals surface area contributed by atoms with Crippen LogP contribution in [0.15, 0.2) is 24.5 Å². The Balaban J connectivity index is 0.00000312. The molecule has 236 valence electrons. The van der Waals surface area contributed by atoms with E-state index < -0.39 is 0 Å².